The fourth-order valence-corrected chi connectivity index (χ4v) is 3.23. The Morgan fingerprint density at radius 2 is 1.84 bits per heavy atom. The summed E-state index contributed by atoms with van der Waals surface area (Å²) in [6.45, 7) is 0.529. The van der Waals surface area contributed by atoms with Crippen LogP contribution < -0.4 is 0 Å². The van der Waals surface area contributed by atoms with Crippen LogP contribution in [-0.2, 0) is 0 Å². The van der Waals surface area contributed by atoms with Gasteiger partial charge in [-0.05, 0) is 30.9 Å². The third kappa shape index (κ3) is 3.11. The zero-order chi connectivity index (χ0) is 14.2. The summed E-state index contributed by atoms with van der Waals surface area (Å²) in [5.41, 5.74) is -0.173. The maximum absolute atomic E-state index is 13.1. The van der Waals surface area contributed by atoms with Crippen molar-refractivity contribution in [2.24, 2.45) is 5.92 Å². The van der Waals surface area contributed by atoms with Gasteiger partial charge < -0.3 is 4.90 Å². The molecule has 0 aromatic heterocycles. The summed E-state index contributed by atoms with van der Waals surface area (Å²) in [6.07, 6.45) is 1.95. The molecule has 0 aliphatic heterocycles. The van der Waals surface area contributed by atoms with Gasteiger partial charge in [0.2, 0.25) is 0 Å². The Bertz CT molecular complexity index is 480. The highest BCUT2D eigenvalue weighted by atomic mass is 79.9. The summed E-state index contributed by atoms with van der Waals surface area (Å²) in [7, 11) is 1.57. The van der Waals surface area contributed by atoms with E-state index in [4.69, 9.17) is 0 Å². The second kappa shape index (κ2) is 5.53. The van der Waals surface area contributed by atoms with Crippen molar-refractivity contribution >= 4 is 21.8 Å². The lowest BCUT2D eigenvalue weighted by Crippen LogP contribution is -2.37. The van der Waals surface area contributed by atoms with Crippen molar-refractivity contribution in [2.45, 2.75) is 17.7 Å². The predicted molar refractivity (Wildman–Crippen MR) is 68.7 cm³/mol. The smallest absolute Gasteiger partial charge is 0.253 e. The third-order valence-electron chi connectivity index (χ3n) is 3.29. The van der Waals surface area contributed by atoms with Crippen molar-refractivity contribution in [3.8, 4) is 0 Å². The minimum Gasteiger partial charge on any atom is -0.341 e. The van der Waals surface area contributed by atoms with E-state index in [1.165, 1.54) is 4.90 Å². The number of benzene rings is 1. The van der Waals surface area contributed by atoms with E-state index >= 15 is 0 Å². The fraction of sp³-hybridized carbons (Fsp3) is 0.462. The Morgan fingerprint density at radius 1 is 1.32 bits per heavy atom. The van der Waals surface area contributed by atoms with E-state index < -0.39 is 23.4 Å². The van der Waals surface area contributed by atoms with Crippen molar-refractivity contribution in [3.63, 3.8) is 0 Å². The van der Waals surface area contributed by atoms with Gasteiger partial charge in [-0.1, -0.05) is 15.9 Å². The molecule has 1 saturated carbocycles. The number of carbonyl (C=O) groups excluding carboxylic acids is 1. The van der Waals surface area contributed by atoms with Crippen LogP contribution in [0.5, 0.6) is 0 Å². The van der Waals surface area contributed by atoms with Gasteiger partial charge in [0.15, 0.2) is 17.5 Å². The molecule has 19 heavy (non-hydrogen) atoms. The Hall–Kier alpha value is -1.04. The first kappa shape index (κ1) is 14.4. The van der Waals surface area contributed by atoms with Crippen molar-refractivity contribution in [1.82, 2.24) is 4.90 Å². The summed E-state index contributed by atoms with van der Waals surface area (Å²) in [6, 6.07) is 1.45. The van der Waals surface area contributed by atoms with E-state index in [2.05, 4.69) is 15.9 Å². The lowest BCUT2D eigenvalue weighted by molar-refractivity contribution is 0.0747. The highest BCUT2D eigenvalue weighted by molar-refractivity contribution is 9.09. The van der Waals surface area contributed by atoms with Crippen LogP contribution in [0, 0.1) is 23.4 Å². The van der Waals surface area contributed by atoms with Gasteiger partial charge in [0.25, 0.3) is 5.91 Å². The van der Waals surface area contributed by atoms with Crippen LogP contribution in [0.2, 0.25) is 0 Å². The molecular formula is C13H13BrF3NO. The van der Waals surface area contributed by atoms with Crippen molar-refractivity contribution in [2.75, 3.05) is 13.6 Å². The van der Waals surface area contributed by atoms with Crippen LogP contribution in [0.4, 0.5) is 13.2 Å². The van der Waals surface area contributed by atoms with Crippen LogP contribution in [0.1, 0.15) is 23.2 Å². The maximum atomic E-state index is 13.1. The van der Waals surface area contributed by atoms with Crippen LogP contribution in [-0.4, -0.2) is 29.2 Å². The van der Waals surface area contributed by atoms with Gasteiger partial charge in [-0.15, -0.1) is 0 Å². The van der Waals surface area contributed by atoms with E-state index in [-0.39, 0.29) is 5.56 Å². The number of hydrogen-bond donors (Lipinski definition) is 0. The van der Waals surface area contributed by atoms with E-state index in [1.807, 2.05) is 0 Å². The predicted octanol–water partition coefficient (Wildman–Crippen LogP) is 3.35. The van der Waals surface area contributed by atoms with Gasteiger partial charge in [0, 0.05) is 24.0 Å². The van der Waals surface area contributed by atoms with Crippen LogP contribution in [0.15, 0.2) is 12.1 Å². The van der Waals surface area contributed by atoms with Crippen LogP contribution in [0.3, 0.4) is 0 Å². The first-order chi connectivity index (χ1) is 8.88. The number of halogens is 4. The molecule has 1 aliphatic rings. The number of rotatable bonds is 3. The summed E-state index contributed by atoms with van der Waals surface area (Å²) in [5.74, 6) is -4.36. The highest BCUT2D eigenvalue weighted by Gasteiger charge is 2.29. The number of amides is 1. The lowest BCUT2D eigenvalue weighted by Gasteiger charge is -2.34. The van der Waals surface area contributed by atoms with Crippen LogP contribution >= 0.6 is 15.9 Å². The standard InChI is InChI=1S/C13H13BrF3NO/c1-18(6-7-2-9(14)3-7)13(19)8-4-10(15)12(17)11(16)5-8/h4-5,7,9H,2-3,6H2,1H3. The molecule has 1 aliphatic carbocycles. The quantitative estimate of drug-likeness (QED) is 0.612. The first-order valence-electron chi connectivity index (χ1n) is 5.92. The molecule has 0 saturated heterocycles. The molecule has 1 aromatic carbocycles. The summed E-state index contributed by atoms with van der Waals surface area (Å²) in [5, 5.41) is 0. The molecule has 1 fully saturated rings. The van der Waals surface area contributed by atoms with Gasteiger partial charge in [0.1, 0.15) is 0 Å². The van der Waals surface area contributed by atoms with E-state index in [0.717, 1.165) is 25.0 Å². The molecule has 0 N–H and O–H groups in total. The molecule has 0 unspecified atom stereocenters. The molecule has 104 valence electrons. The molecule has 6 heteroatoms. The summed E-state index contributed by atoms with van der Waals surface area (Å²) in [4.78, 5) is 13.9. The van der Waals surface area contributed by atoms with Gasteiger partial charge >= 0.3 is 0 Å². The van der Waals surface area contributed by atoms with Gasteiger partial charge in [0.05, 0.1) is 0 Å². The van der Waals surface area contributed by atoms with Crippen LogP contribution in [0.25, 0.3) is 0 Å². The van der Waals surface area contributed by atoms with Crippen molar-refractivity contribution in [1.29, 1.82) is 0 Å². The Morgan fingerprint density at radius 3 is 2.32 bits per heavy atom. The third-order valence-corrected chi connectivity index (χ3v) is 4.04. The molecule has 2 rings (SSSR count). The number of hydrogen-bond acceptors (Lipinski definition) is 1. The minimum atomic E-state index is -1.56. The topological polar surface area (TPSA) is 20.3 Å². The molecule has 0 atom stereocenters. The summed E-state index contributed by atoms with van der Waals surface area (Å²) < 4.78 is 38.9. The highest BCUT2D eigenvalue weighted by Crippen LogP contribution is 2.33. The van der Waals surface area contributed by atoms with Gasteiger partial charge in [-0.2, -0.15) is 0 Å². The molecule has 0 bridgehead atoms. The second-order valence-electron chi connectivity index (χ2n) is 4.87. The number of nitrogens with zero attached hydrogens (tertiary/aromatic N) is 1. The monoisotopic (exact) mass is 335 g/mol. The largest absolute Gasteiger partial charge is 0.341 e. The van der Waals surface area contributed by atoms with Gasteiger partial charge in [-0.3, -0.25) is 4.79 Å². The number of carbonyl (C=O) groups is 1. The Labute approximate surface area is 117 Å². The molecule has 1 amide bonds. The Balaban J connectivity index is 2.06. The van der Waals surface area contributed by atoms with E-state index in [0.29, 0.717) is 17.3 Å². The average Bonchev–Trinajstić information content (AvgIpc) is 2.32. The molecule has 2 nitrogen and oxygen atoms in total. The molecule has 1 aromatic rings. The van der Waals surface area contributed by atoms with E-state index in [9.17, 15) is 18.0 Å². The normalized spacial score (nSPS) is 21.9. The molecule has 0 radical (unpaired) electrons. The van der Waals surface area contributed by atoms with Gasteiger partial charge in [-0.25, -0.2) is 13.2 Å². The molecule has 0 heterocycles. The maximum Gasteiger partial charge on any atom is 0.253 e. The average molecular weight is 336 g/mol. The van der Waals surface area contributed by atoms with Crippen molar-refractivity contribution < 1.29 is 18.0 Å². The van der Waals surface area contributed by atoms with Crippen molar-refractivity contribution in [3.05, 3.63) is 35.1 Å². The SMILES string of the molecule is CN(CC1CC(Br)C1)C(=O)c1cc(F)c(F)c(F)c1. The fourth-order valence-electron chi connectivity index (χ4n) is 2.17. The number of alkyl halides is 1. The lowest BCUT2D eigenvalue weighted by atomic mass is 9.85. The second-order valence-corrected chi connectivity index (χ2v) is 6.17. The first-order valence-corrected chi connectivity index (χ1v) is 6.84. The minimum absolute atomic E-state index is 0.173. The molecular weight excluding hydrogens is 323 g/mol. The molecule has 0 spiro atoms. The summed E-state index contributed by atoms with van der Waals surface area (Å²) >= 11 is 3.46. The van der Waals surface area contributed by atoms with E-state index in [1.54, 1.807) is 7.05 Å². The zero-order valence-corrected chi connectivity index (χ0v) is 11.9. The zero-order valence-electron chi connectivity index (χ0n) is 10.3. The Kier molecular flexibility index (Phi) is 4.18.